The molecule has 60 valence electrons. The average Bonchev–Trinajstić information content (AvgIpc) is 2.06. The number of benzene rings is 1. The molecule has 1 nitrogen and oxygen atoms in total. The van der Waals surface area contributed by atoms with Crippen molar-refractivity contribution in [1.82, 2.24) is 0 Å². The fourth-order valence-electron chi connectivity index (χ4n) is 1.07. The van der Waals surface area contributed by atoms with Gasteiger partial charge in [-0.3, -0.25) is 4.99 Å². The molecule has 0 aromatic heterocycles. The number of thioether (sulfide) groups is 1. The second kappa shape index (κ2) is 3.59. The molecule has 0 saturated carbocycles. The van der Waals surface area contributed by atoms with E-state index in [2.05, 4.69) is 22.5 Å². The average molecular weight is 175 g/mol. The molecule has 1 aliphatic heterocycles. The van der Waals surface area contributed by atoms with Crippen molar-refractivity contribution in [2.75, 3.05) is 5.75 Å². The number of hydrogen-bond donors (Lipinski definition) is 0. The van der Waals surface area contributed by atoms with Crippen LogP contribution in [0.2, 0.25) is 0 Å². The Labute approximate surface area is 75.5 Å². The third kappa shape index (κ3) is 1.59. The van der Waals surface area contributed by atoms with Gasteiger partial charge >= 0.3 is 0 Å². The Hall–Kier alpha value is -1.02. The first-order valence-corrected chi connectivity index (χ1v) is 4.91. The SMILES string of the molecule is C1=C/N=c2\cccc\c2=C\SC\1. The van der Waals surface area contributed by atoms with Gasteiger partial charge in [-0.05, 0) is 11.5 Å². The van der Waals surface area contributed by atoms with Crippen molar-refractivity contribution in [3.8, 4) is 0 Å². The van der Waals surface area contributed by atoms with Gasteiger partial charge in [0, 0.05) is 17.2 Å². The fourth-order valence-corrected chi connectivity index (χ4v) is 1.75. The smallest absolute Gasteiger partial charge is 0.0706 e. The Morgan fingerprint density at radius 2 is 2.17 bits per heavy atom. The van der Waals surface area contributed by atoms with Crippen LogP contribution in [0.4, 0.5) is 0 Å². The van der Waals surface area contributed by atoms with Gasteiger partial charge in [-0.2, -0.15) is 0 Å². The molecule has 1 aliphatic rings. The predicted octanol–water partition coefficient (Wildman–Crippen LogP) is 1.30. The summed E-state index contributed by atoms with van der Waals surface area (Å²) < 4.78 is 0. The second-order valence-corrected chi connectivity index (χ2v) is 3.43. The minimum atomic E-state index is 1.01. The molecular formula is C10H9NS. The van der Waals surface area contributed by atoms with Crippen molar-refractivity contribution in [2.24, 2.45) is 4.99 Å². The summed E-state index contributed by atoms with van der Waals surface area (Å²) in [6, 6.07) is 8.17. The van der Waals surface area contributed by atoms with E-state index >= 15 is 0 Å². The van der Waals surface area contributed by atoms with E-state index in [1.54, 1.807) is 11.8 Å². The first-order chi connectivity index (χ1) is 5.97. The zero-order valence-corrected chi connectivity index (χ0v) is 7.42. The number of nitrogens with zero attached hydrogens (tertiary/aromatic N) is 1. The molecule has 0 bridgehead atoms. The first-order valence-electron chi connectivity index (χ1n) is 3.86. The lowest BCUT2D eigenvalue weighted by Crippen LogP contribution is -2.23. The third-order valence-corrected chi connectivity index (χ3v) is 2.46. The largest absolute Gasteiger partial charge is 0.257 e. The van der Waals surface area contributed by atoms with Crippen LogP contribution in [0.1, 0.15) is 0 Å². The molecule has 0 fully saturated rings. The Kier molecular flexibility index (Phi) is 2.28. The highest BCUT2D eigenvalue weighted by molar-refractivity contribution is 8.06. The van der Waals surface area contributed by atoms with E-state index in [4.69, 9.17) is 0 Å². The van der Waals surface area contributed by atoms with Gasteiger partial charge in [-0.15, -0.1) is 11.8 Å². The summed E-state index contributed by atoms with van der Waals surface area (Å²) in [5.74, 6) is 1.01. The molecule has 0 unspecified atom stereocenters. The summed E-state index contributed by atoms with van der Waals surface area (Å²) in [5.41, 5.74) is 0. The maximum absolute atomic E-state index is 4.32. The van der Waals surface area contributed by atoms with Crippen molar-refractivity contribution in [1.29, 1.82) is 0 Å². The molecule has 0 radical (unpaired) electrons. The van der Waals surface area contributed by atoms with E-state index in [1.165, 1.54) is 5.22 Å². The summed E-state index contributed by atoms with van der Waals surface area (Å²) in [5, 5.41) is 4.43. The number of fused-ring (bicyclic) bond motifs is 1. The van der Waals surface area contributed by atoms with Crippen molar-refractivity contribution in [2.45, 2.75) is 0 Å². The van der Waals surface area contributed by atoms with Gasteiger partial charge in [0.1, 0.15) is 0 Å². The van der Waals surface area contributed by atoms with E-state index in [-0.39, 0.29) is 0 Å². The van der Waals surface area contributed by atoms with Crippen LogP contribution in [0.25, 0.3) is 5.41 Å². The lowest BCUT2D eigenvalue weighted by atomic mass is 10.3. The van der Waals surface area contributed by atoms with Gasteiger partial charge in [-0.1, -0.05) is 24.3 Å². The number of para-hydroxylation sites is 1. The summed E-state index contributed by atoms with van der Waals surface area (Å²) in [6.45, 7) is 0. The second-order valence-electron chi connectivity index (χ2n) is 2.52. The minimum Gasteiger partial charge on any atom is -0.257 e. The van der Waals surface area contributed by atoms with Gasteiger partial charge in [0.2, 0.25) is 0 Å². The highest BCUT2D eigenvalue weighted by atomic mass is 32.2. The van der Waals surface area contributed by atoms with Crippen LogP contribution in [-0.2, 0) is 0 Å². The standard InChI is InChI=1S/C10H9NS/c1-2-5-10-9(4-1)8-12-7-3-6-11-10/h1-6,8H,7H2/b6-3-,9-8-,11-10+. The van der Waals surface area contributed by atoms with Gasteiger partial charge in [-0.25, -0.2) is 0 Å². The van der Waals surface area contributed by atoms with Gasteiger partial charge in [0.25, 0.3) is 0 Å². The van der Waals surface area contributed by atoms with Crippen LogP contribution in [0.3, 0.4) is 0 Å². The Balaban J connectivity index is 2.71. The zero-order chi connectivity index (χ0) is 8.23. The minimum absolute atomic E-state index is 1.01. The highest BCUT2D eigenvalue weighted by Crippen LogP contribution is 2.01. The van der Waals surface area contributed by atoms with E-state index in [1.807, 2.05) is 24.4 Å². The van der Waals surface area contributed by atoms with Crippen molar-refractivity contribution >= 4 is 17.2 Å². The molecule has 2 rings (SSSR count). The zero-order valence-electron chi connectivity index (χ0n) is 6.60. The first kappa shape index (κ1) is 7.62. The molecule has 1 aromatic carbocycles. The van der Waals surface area contributed by atoms with E-state index < -0.39 is 0 Å². The molecular weight excluding hydrogens is 166 g/mol. The molecule has 0 aliphatic carbocycles. The molecule has 0 spiro atoms. The summed E-state index contributed by atoms with van der Waals surface area (Å²) in [6.07, 6.45) is 3.94. The topological polar surface area (TPSA) is 12.4 Å². The Morgan fingerprint density at radius 1 is 1.25 bits per heavy atom. The molecule has 1 aromatic rings. The summed E-state index contributed by atoms with van der Waals surface area (Å²) in [4.78, 5) is 4.32. The fraction of sp³-hybridized carbons (Fsp3) is 0.100. The third-order valence-electron chi connectivity index (χ3n) is 1.66. The Morgan fingerprint density at radius 3 is 3.17 bits per heavy atom. The van der Waals surface area contributed by atoms with E-state index in [0.717, 1.165) is 11.1 Å². The predicted molar refractivity (Wildman–Crippen MR) is 53.3 cm³/mol. The Bertz CT molecular complexity index is 406. The van der Waals surface area contributed by atoms with E-state index in [0.29, 0.717) is 0 Å². The quantitative estimate of drug-likeness (QED) is 0.579. The molecule has 0 N–H and O–H groups in total. The van der Waals surface area contributed by atoms with E-state index in [9.17, 15) is 0 Å². The number of rotatable bonds is 0. The van der Waals surface area contributed by atoms with Crippen molar-refractivity contribution < 1.29 is 0 Å². The van der Waals surface area contributed by atoms with Crippen molar-refractivity contribution in [3.63, 3.8) is 0 Å². The molecule has 1 heterocycles. The molecule has 2 heteroatoms. The number of hydrogen-bond acceptors (Lipinski definition) is 2. The highest BCUT2D eigenvalue weighted by Gasteiger charge is 1.87. The van der Waals surface area contributed by atoms with Crippen LogP contribution in [0, 0.1) is 0 Å². The lowest BCUT2D eigenvalue weighted by Gasteiger charge is -1.93. The maximum atomic E-state index is 4.32. The van der Waals surface area contributed by atoms with Crippen LogP contribution in [0.5, 0.6) is 0 Å². The summed E-state index contributed by atoms with van der Waals surface area (Å²) in [7, 11) is 0. The normalized spacial score (nSPS) is 23.3. The van der Waals surface area contributed by atoms with Gasteiger partial charge < -0.3 is 0 Å². The summed E-state index contributed by atoms with van der Waals surface area (Å²) >= 11 is 1.80. The van der Waals surface area contributed by atoms with Crippen LogP contribution in [0.15, 0.2) is 41.5 Å². The van der Waals surface area contributed by atoms with Crippen LogP contribution < -0.4 is 10.6 Å². The molecule has 0 saturated heterocycles. The molecule has 12 heavy (non-hydrogen) atoms. The molecule has 0 amide bonds. The maximum Gasteiger partial charge on any atom is 0.0706 e. The van der Waals surface area contributed by atoms with Crippen molar-refractivity contribution in [3.05, 3.63) is 47.1 Å². The van der Waals surface area contributed by atoms with Crippen LogP contribution in [-0.4, -0.2) is 5.75 Å². The van der Waals surface area contributed by atoms with Gasteiger partial charge in [0.15, 0.2) is 0 Å². The van der Waals surface area contributed by atoms with Crippen LogP contribution >= 0.6 is 11.8 Å². The molecule has 0 atom stereocenters. The monoisotopic (exact) mass is 175 g/mol. The van der Waals surface area contributed by atoms with Gasteiger partial charge in [0.05, 0.1) is 5.36 Å². The lowest BCUT2D eigenvalue weighted by molar-refractivity contribution is 1.30.